The first kappa shape index (κ1) is 35.6. The van der Waals surface area contributed by atoms with E-state index in [9.17, 15) is 9.59 Å². The Balaban J connectivity index is 1.25. The van der Waals surface area contributed by atoms with Crippen molar-refractivity contribution < 1.29 is 28.5 Å². The van der Waals surface area contributed by atoms with E-state index in [-0.39, 0.29) is 0 Å². The maximum absolute atomic E-state index is 11.1. The Morgan fingerprint density at radius 1 is 0.625 bits per heavy atom. The first-order valence-electron chi connectivity index (χ1n) is 14.9. The molecule has 4 aromatic rings. The van der Waals surface area contributed by atoms with Crippen molar-refractivity contribution in [3.63, 3.8) is 0 Å². The Labute approximate surface area is 290 Å². The third-order valence-corrected chi connectivity index (χ3v) is 8.40. The summed E-state index contributed by atoms with van der Waals surface area (Å²) in [5.41, 5.74) is 4.52. The van der Waals surface area contributed by atoms with Gasteiger partial charge in [0.25, 0.3) is 0 Å². The van der Waals surface area contributed by atoms with Crippen molar-refractivity contribution in [1.82, 2.24) is 0 Å². The molecule has 0 heterocycles. The van der Waals surface area contributed by atoms with Crippen molar-refractivity contribution >= 4 is 35.5 Å². The quantitative estimate of drug-likeness (QED) is 0.0443. The lowest BCUT2D eigenvalue weighted by molar-refractivity contribution is -0.138. The average Bonchev–Trinajstić information content (AvgIpc) is 3.13. The molecule has 0 aliphatic heterocycles. The maximum Gasteiger partial charge on any atom is 0.330 e. The number of hydrogen-bond acceptors (Lipinski definition) is 8. The molecule has 0 atom stereocenters. The minimum atomic E-state index is -0.412. The molecule has 0 saturated heterocycles. The van der Waals surface area contributed by atoms with Gasteiger partial charge < -0.3 is 18.9 Å². The van der Waals surface area contributed by atoms with Crippen molar-refractivity contribution in [3.8, 4) is 35.2 Å². The van der Waals surface area contributed by atoms with E-state index in [1.54, 1.807) is 30.6 Å². The van der Waals surface area contributed by atoms with Gasteiger partial charge in [-0.25, -0.2) is 9.59 Å². The lowest BCUT2D eigenvalue weighted by atomic mass is 10.1. The van der Waals surface area contributed by atoms with Crippen LogP contribution in [-0.2, 0) is 25.7 Å². The highest BCUT2D eigenvalue weighted by Gasteiger charge is 2.06. The fourth-order valence-electron chi connectivity index (χ4n) is 3.99. The summed E-state index contributed by atoms with van der Waals surface area (Å²) >= 11 is 3.21. The number of carbonyl (C=O) groups excluding carboxylic acids is 2. The van der Waals surface area contributed by atoms with E-state index >= 15 is 0 Å². The zero-order valence-corrected chi connectivity index (χ0v) is 28.2. The second kappa shape index (κ2) is 19.4. The van der Waals surface area contributed by atoms with Gasteiger partial charge in [-0.2, -0.15) is 0 Å². The Bertz CT molecular complexity index is 1820. The van der Waals surface area contributed by atoms with Crippen molar-refractivity contribution in [1.29, 1.82) is 0 Å². The van der Waals surface area contributed by atoms with Crippen LogP contribution in [0, 0.1) is 23.7 Å². The summed E-state index contributed by atoms with van der Waals surface area (Å²) in [6.45, 7) is 7.82. The highest BCUT2D eigenvalue weighted by Crippen LogP contribution is 2.29. The first-order chi connectivity index (χ1) is 23.4. The molecule has 4 aromatic carbocycles. The van der Waals surface area contributed by atoms with Gasteiger partial charge in [0.15, 0.2) is 11.5 Å². The predicted octanol–water partition coefficient (Wildman–Crippen LogP) is 7.72. The van der Waals surface area contributed by atoms with Crippen molar-refractivity contribution in [2.45, 2.75) is 16.4 Å². The normalized spacial score (nSPS) is 9.94. The molecule has 0 radical (unpaired) electrons. The number of rotatable bonds is 14. The molecule has 4 rings (SSSR count). The van der Waals surface area contributed by atoms with Crippen LogP contribution in [0.25, 0.3) is 0 Å². The minimum absolute atomic E-state index is 0.332. The molecule has 0 N–H and O–H groups in total. The van der Waals surface area contributed by atoms with Crippen molar-refractivity contribution in [3.05, 3.63) is 144 Å². The number of esters is 2. The monoisotopic (exact) mass is 674 g/mol. The summed E-state index contributed by atoms with van der Waals surface area (Å²) in [6.07, 6.45) is 2.32. The molecule has 0 bridgehead atoms. The number of carbonyl (C=O) groups is 2. The molecule has 0 saturated carbocycles. The van der Waals surface area contributed by atoms with Gasteiger partial charge in [-0.15, -0.1) is 23.5 Å². The second-order valence-electron chi connectivity index (χ2n) is 9.84. The van der Waals surface area contributed by atoms with E-state index in [2.05, 4.69) is 36.8 Å². The Morgan fingerprint density at radius 2 is 1.06 bits per heavy atom. The van der Waals surface area contributed by atoms with Crippen LogP contribution in [-0.4, -0.2) is 43.8 Å². The molecule has 0 fully saturated rings. The van der Waals surface area contributed by atoms with Crippen molar-refractivity contribution in [2.75, 3.05) is 31.8 Å². The average molecular weight is 675 g/mol. The van der Waals surface area contributed by atoms with Gasteiger partial charge in [0, 0.05) is 55.7 Å². The third-order valence-electron chi connectivity index (χ3n) is 6.45. The van der Waals surface area contributed by atoms with E-state index in [1.807, 2.05) is 91.0 Å². The topological polar surface area (TPSA) is 71.1 Å². The minimum Gasteiger partial charge on any atom is -0.493 e. The Kier molecular flexibility index (Phi) is 14.4. The first-order valence-corrected chi connectivity index (χ1v) is 16.9. The standard InChI is InChI=1S/C40H34O6S2/c1-4-39(41)44-24-26-47-35-19-14-31(15-20-35)7-6-30-9-12-34(13-10-30)29-46-37-23-18-33(28-38(37)43-3)11-8-32-16-21-36(22-17-32)48-27-25-45-40(42)5-2/h4-5,9-10,12-23,28H,1-2,24-27,29H2,3H3. The summed E-state index contributed by atoms with van der Waals surface area (Å²) in [7, 11) is 1.61. The number of hydrogen-bond donors (Lipinski definition) is 0. The number of ether oxygens (including phenoxy) is 4. The lowest BCUT2D eigenvalue weighted by Crippen LogP contribution is -2.03. The van der Waals surface area contributed by atoms with E-state index in [1.165, 1.54) is 0 Å². The molecule has 6 nitrogen and oxygen atoms in total. The summed E-state index contributed by atoms with van der Waals surface area (Å²) in [5, 5.41) is 0. The van der Waals surface area contributed by atoms with E-state index in [4.69, 9.17) is 18.9 Å². The van der Waals surface area contributed by atoms with Gasteiger partial charge >= 0.3 is 11.9 Å². The zero-order valence-electron chi connectivity index (χ0n) is 26.5. The fourth-order valence-corrected chi connectivity index (χ4v) is 5.45. The van der Waals surface area contributed by atoms with Gasteiger partial charge in [-0.3, -0.25) is 0 Å². The molecule has 0 unspecified atom stereocenters. The molecular formula is C40H34O6S2. The van der Waals surface area contributed by atoms with E-state index < -0.39 is 11.9 Å². The van der Waals surface area contributed by atoms with Gasteiger partial charge in [0.05, 0.1) is 7.11 Å². The molecule has 0 aliphatic carbocycles. The number of thioether (sulfide) groups is 2. The number of methoxy groups -OCH3 is 1. The molecule has 0 aromatic heterocycles. The SMILES string of the molecule is C=CC(=O)OCCSc1ccc(C#Cc2ccc(COc3ccc(C#Cc4ccc(SCCOC(=O)C=C)cc4)cc3OC)cc2)cc1. The second-order valence-corrected chi connectivity index (χ2v) is 12.2. The largest absolute Gasteiger partial charge is 0.493 e. The summed E-state index contributed by atoms with van der Waals surface area (Å²) in [6, 6.07) is 29.5. The summed E-state index contributed by atoms with van der Waals surface area (Å²) in [4.78, 5) is 24.4. The molecule has 242 valence electrons. The van der Waals surface area contributed by atoms with E-state index in [0.717, 1.165) is 49.8 Å². The number of benzene rings is 4. The lowest BCUT2D eigenvalue weighted by Gasteiger charge is -2.11. The van der Waals surface area contributed by atoms with Crippen molar-refractivity contribution in [2.24, 2.45) is 0 Å². The smallest absolute Gasteiger partial charge is 0.330 e. The van der Waals surface area contributed by atoms with Crippen LogP contribution in [0.4, 0.5) is 0 Å². The van der Waals surface area contributed by atoms with Gasteiger partial charge in [-0.1, -0.05) is 49.0 Å². The van der Waals surface area contributed by atoms with Gasteiger partial charge in [0.2, 0.25) is 0 Å². The molecule has 0 spiro atoms. The third kappa shape index (κ3) is 12.1. The van der Waals surface area contributed by atoms with Crippen LogP contribution in [0.5, 0.6) is 11.5 Å². The van der Waals surface area contributed by atoms with Crippen LogP contribution in [0.1, 0.15) is 27.8 Å². The maximum atomic E-state index is 11.1. The predicted molar refractivity (Wildman–Crippen MR) is 192 cm³/mol. The summed E-state index contributed by atoms with van der Waals surface area (Å²) < 4.78 is 21.6. The highest BCUT2D eigenvalue weighted by atomic mass is 32.2. The van der Waals surface area contributed by atoms with Crippen LogP contribution < -0.4 is 9.47 Å². The van der Waals surface area contributed by atoms with E-state index in [0.29, 0.717) is 42.8 Å². The Hall–Kier alpha value is -5.28. The highest BCUT2D eigenvalue weighted by molar-refractivity contribution is 7.99. The zero-order chi connectivity index (χ0) is 34.0. The van der Waals surface area contributed by atoms with Crippen LogP contribution in [0.3, 0.4) is 0 Å². The molecule has 0 amide bonds. The molecule has 48 heavy (non-hydrogen) atoms. The Morgan fingerprint density at radius 3 is 1.52 bits per heavy atom. The molecule has 8 heteroatoms. The summed E-state index contributed by atoms with van der Waals surface area (Å²) in [5.74, 6) is 14.5. The fraction of sp³-hybridized carbons (Fsp3) is 0.150. The molecule has 0 aliphatic rings. The van der Waals surface area contributed by atoms with Gasteiger partial charge in [0.1, 0.15) is 19.8 Å². The van der Waals surface area contributed by atoms with Gasteiger partial charge in [-0.05, 0) is 84.4 Å². The van der Waals surface area contributed by atoms with Crippen LogP contribution in [0.15, 0.2) is 126 Å². The molecular weight excluding hydrogens is 641 g/mol. The van der Waals surface area contributed by atoms with Crippen LogP contribution >= 0.6 is 23.5 Å². The van der Waals surface area contributed by atoms with Crippen LogP contribution in [0.2, 0.25) is 0 Å².